The Labute approximate surface area is 136 Å². The van der Waals surface area contributed by atoms with E-state index >= 15 is 0 Å². The van der Waals surface area contributed by atoms with Crippen LogP contribution in [0.25, 0.3) is 0 Å². The monoisotopic (exact) mass is 319 g/mol. The second-order valence-electron chi connectivity index (χ2n) is 5.34. The second-order valence-corrected chi connectivity index (χ2v) is 7.00. The fourth-order valence-corrected chi connectivity index (χ4v) is 3.26. The lowest BCUT2D eigenvalue weighted by atomic mass is 10.1. The maximum Gasteiger partial charge on any atom is 0.236 e. The average molecular weight is 319 g/mol. The Morgan fingerprint density at radius 3 is 2.48 bits per heavy atom. The van der Waals surface area contributed by atoms with Crippen molar-refractivity contribution in [1.82, 2.24) is 4.90 Å². The summed E-state index contributed by atoms with van der Waals surface area (Å²) in [6.07, 6.45) is 0.663. The smallest absolute Gasteiger partial charge is 0.236 e. The molecule has 0 saturated heterocycles. The van der Waals surface area contributed by atoms with Crippen LogP contribution in [0.2, 0.25) is 0 Å². The molecule has 21 heavy (non-hydrogen) atoms. The van der Waals surface area contributed by atoms with E-state index in [0.717, 1.165) is 5.56 Å². The van der Waals surface area contributed by atoms with Gasteiger partial charge in [-0.2, -0.15) is 12.6 Å². The Bertz CT molecular complexity index is 551. The summed E-state index contributed by atoms with van der Waals surface area (Å²) in [5.41, 5.74) is 1.14. The van der Waals surface area contributed by atoms with E-state index in [0.29, 0.717) is 13.0 Å². The van der Waals surface area contributed by atoms with Crippen molar-refractivity contribution in [3.63, 3.8) is 0 Å². The maximum atomic E-state index is 12.7. The van der Waals surface area contributed by atoms with Crippen LogP contribution in [0.1, 0.15) is 24.3 Å². The van der Waals surface area contributed by atoms with E-state index in [9.17, 15) is 4.79 Å². The molecule has 0 bridgehead atoms. The van der Waals surface area contributed by atoms with Crippen LogP contribution in [0.5, 0.6) is 0 Å². The van der Waals surface area contributed by atoms with Gasteiger partial charge in [0.15, 0.2) is 0 Å². The van der Waals surface area contributed by atoms with Gasteiger partial charge < -0.3 is 4.90 Å². The molecule has 2 aromatic rings. The van der Waals surface area contributed by atoms with Crippen LogP contribution in [-0.2, 0) is 17.8 Å². The van der Waals surface area contributed by atoms with Gasteiger partial charge in [0.25, 0.3) is 0 Å². The normalized spacial score (nSPS) is 12.4. The molecule has 1 heterocycles. The van der Waals surface area contributed by atoms with Crippen LogP contribution >= 0.6 is 24.0 Å². The third-order valence-corrected chi connectivity index (χ3v) is 4.63. The molecule has 2 rings (SSSR count). The van der Waals surface area contributed by atoms with Crippen LogP contribution in [0, 0.1) is 0 Å². The van der Waals surface area contributed by atoms with Gasteiger partial charge in [0, 0.05) is 10.9 Å². The van der Waals surface area contributed by atoms with E-state index in [2.05, 4.69) is 32.5 Å². The molecule has 1 atom stereocenters. The number of hydrogen-bond donors (Lipinski definition) is 1. The van der Waals surface area contributed by atoms with Gasteiger partial charge in [-0.1, -0.05) is 36.4 Å². The van der Waals surface area contributed by atoms with E-state index < -0.39 is 0 Å². The molecule has 0 fully saturated rings. The highest BCUT2D eigenvalue weighted by Crippen LogP contribution is 2.18. The van der Waals surface area contributed by atoms with Crippen molar-refractivity contribution in [3.05, 3.63) is 58.3 Å². The standard InChI is InChI=1S/C17H21NOS2/c1-13(2)18(12-15-9-6-10-21-15)17(19)16(20)11-14-7-4-3-5-8-14/h3-10,13,16,20H,11-12H2,1-2H3. The average Bonchev–Trinajstić information content (AvgIpc) is 2.98. The Morgan fingerprint density at radius 2 is 1.90 bits per heavy atom. The van der Waals surface area contributed by atoms with E-state index in [4.69, 9.17) is 0 Å². The van der Waals surface area contributed by atoms with Crippen LogP contribution in [0.3, 0.4) is 0 Å². The lowest BCUT2D eigenvalue weighted by Crippen LogP contribution is -2.41. The molecule has 0 aliphatic heterocycles. The van der Waals surface area contributed by atoms with Gasteiger partial charge in [0.1, 0.15) is 0 Å². The zero-order valence-electron chi connectivity index (χ0n) is 12.4. The highest BCUT2D eigenvalue weighted by Gasteiger charge is 2.24. The van der Waals surface area contributed by atoms with Gasteiger partial charge in [-0.3, -0.25) is 4.79 Å². The van der Waals surface area contributed by atoms with Crippen LogP contribution < -0.4 is 0 Å². The highest BCUT2D eigenvalue weighted by molar-refractivity contribution is 7.81. The Morgan fingerprint density at radius 1 is 1.19 bits per heavy atom. The predicted octanol–water partition coefficient (Wildman–Crippen LogP) is 4.03. The van der Waals surface area contributed by atoms with Crippen molar-refractivity contribution in [2.24, 2.45) is 0 Å². The molecule has 1 amide bonds. The second kappa shape index (κ2) is 7.66. The summed E-state index contributed by atoms with van der Waals surface area (Å²) in [4.78, 5) is 15.8. The van der Waals surface area contributed by atoms with Crippen LogP contribution in [0.4, 0.5) is 0 Å². The zero-order chi connectivity index (χ0) is 15.2. The lowest BCUT2D eigenvalue weighted by Gasteiger charge is -2.29. The number of thiophene rings is 1. The lowest BCUT2D eigenvalue weighted by molar-refractivity contribution is -0.132. The summed E-state index contributed by atoms with van der Waals surface area (Å²) >= 11 is 6.22. The summed E-state index contributed by atoms with van der Waals surface area (Å²) in [5.74, 6) is 0.102. The topological polar surface area (TPSA) is 20.3 Å². The van der Waals surface area contributed by atoms with Gasteiger partial charge in [0.2, 0.25) is 5.91 Å². The van der Waals surface area contributed by atoms with Gasteiger partial charge in [0.05, 0.1) is 11.8 Å². The molecule has 0 saturated carbocycles. The summed E-state index contributed by atoms with van der Waals surface area (Å²) in [7, 11) is 0. The summed E-state index contributed by atoms with van der Waals surface area (Å²) in [5, 5.41) is 1.75. The Kier molecular flexibility index (Phi) is 5.88. The molecule has 2 nitrogen and oxygen atoms in total. The van der Waals surface area contributed by atoms with E-state index in [1.807, 2.05) is 46.7 Å². The zero-order valence-corrected chi connectivity index (χ0v) is 14.1. The summed E-state index contributed by atoms with van der Waals surface area (Å²) in [6, 6.07) is 14.3. The Balaban J connectivity index is 2.03. The van der Waals surface area contributed by atoms with E-state index in [1.165, 1.54) is 4.88 Å². The SMILES string of the molecule is CC(C)N(Cc1cccs1)C(=O)C(S)Cc1ccccc1. The number of hydrogen-bond acceptors (Lipinski definition) is 3. The minimum atomic E-state index is -0.297. The molecule has 112 valence electrons. The van der Waals surface area contributed by atoms with E-state index in [-0.39, 0.29) is 17.2 Å². The van der Waals surface area contributed by atoms with Crippen molar-refractivity contribution >= 4 is 29.9 Å². The first-order valence-corrected chi connectivity index (χ1v) is 8.52. The fraction of sp³-hybridized carbons (Fsp3) is 0.353. The third kappa shape index (κ3) is 4.61. The molecule has 0 aliphatic rings. The van der Waals surface area contributed by atoms with Crippen molar-refractivity contribution in [2.45, 2.75) is 38.1 Å². The van der Waals surface area contributed by atoms with Crippen LogP contribution in [0.15, 0.2) is 47.8 Å². The Hall–Kier alpha value is -1.26. The quantitative estimate of drug-likeness (QED) is 0.797. The molecule has 0 radical (unpaired) electrons. The van der Waals surface area contributed by atoms with Gasteiger partial charge in [-0.25, -0.2) is 0 Å². The minimum Gasteiger partial charge on any atom is -0.334 e. The van der Waals surface area contributed by atoms with Crippen molar-refractivity contribution in [2.75, 3.05) is 0 Å². The van der Waals surface area contributed by atoms with Gasteiger partial charge in [-0.05, 0) is 37.3 Å². The first kappa shape index (κ1) is 16.1. The third-order valence-electron chi connectivity index (χ3n) is 3.37. The van der Waals surface area contributed by atoms with Gasteiger partial charge in [-0.15, -0.1) is 11.3 Å². The number of benzene rings is 1. The predicted molar refractivity (Wildman–Crippen MR) is 92.9 cm³/mol. The van der Waals surface area contributed by atoms with Crippen molar-refractivity contribution in [1.29, 1.82) is 0 Å². The largest absolute Gasteiger partial charge is 0.334 e. The van der Waals surface area contributed by atoms with Crippen molar-refractivity contribution < 1.29 is 4.79 Å². The number of amides is 1. The first-order chi connectivity index (χ1) is 10.1. The van der Waals surface area contributed by atoms with Crippen LogP contribution in [-0.4, -0.2) is 22.1 Å². The molecule has 0 aliphatic carbocycles. The molecule has 0 spiro atoms. The summed E-state index contributed by atoms with van der Waals surface area (Å²) < 4.78 is 0. The number of carbonyl (C=O) groups excluding carboxylic acids is 1. The van der Waals surface area contributed by atoms with E-state index in [1.54, 1.807) is 11.3 Å². The highest BCUT2D eigenvalue weighted by atomic mass is 32.1. The fourth-order valence-electron chi connectivity index (χ4n) is 2.20. The molecular formula is C17H21NOS2. The molecule has 1 aromatic carbocycles. The number of rotatable bonds is 6. The summed E-state index contributed by atoms with van der Waals surface area (Å²) in [6.45, 7) is 4.77. The first-order valence-electron chi connectivity index (χ1n) is 7.12. The number of carbonyl (C=O) groups is 1. The molecule has 1 unspecified atom stereocenters. The molecule has 1 aromatic heterocycles. The minimum absolute atomic E-state index is 0.102. The molecular weight excluding hydrogens is 298 g/mol. The molecule has 0 N–H and O–H groups in total. The maximum absolute atomic E-state index is 12.7. The van der Waals surface area contributed by atoms with Crippen molar-refractivity contribution in [3.8, 4) is 0 Å². The number of nitrogens with zero attached hydrogens (tertiary/aromatic N) is 1. The number of thiol groups is 1. The molecule has 4 heteroatoms. The van der Waals surface area contributed by atoms with Gasteiger partial charge >= 0.3 is 0 Å².